The highest BCUT2D eigenvalue weighted by Gasteiger charge is 2.14. The first-order valence-corrected chi connectivity index (χ1v) is 8.75. The van der Waals surface area contributed by atoms with Crippen LogP contribution in [-0.4, -0.2) is 7.85 Å². The maximum atomic E-state index is 14.5. The van der Waals surface area contributed by atoms with Crippen LogP contribution >= 0.6 is 0 Å². The van der Waals surface area contributed by atoms with Crippen molar-refractivity contribution in [2.75, 3.05) is 0 Å². The van der Waals surface area contributed by atoms with Crippen molar-refractivity contribution < 1.29 is 4.39 Å². The van der Waals surface area contributed by atoms with Crippen molar-refractivity contribution in [3.05, 3.63) is 103 Å². The van der Waals surface area contributed by atoms with Crippen LogP contribution in [0.2, 0.25) is 0 Å². The molecule has 0 aliphatic heterocycles. The minimum Gasteiger partial charge on any atom is -0.206 e. The van der Waals surface area contributed by atoms with Gasteiger partial charge in [-0.15, -0.1) is 0 Å². The van der Waals surface area contributed by atoms with E-state index in [4.69, 9.17) is 0 Å². The summed E-state index contributed by atoms with van der Waals surface area (Å²) >= 11 is 0. The van der Waals surface area contributed by atoms with Crippen molar-refractivity contribution >= 4 is 13.3 Å². The van der Waals surface area contributed by atoms with E-state index in [1.165, 1.54) is 17.1 Å². The minimum atomic E-state index is -0.201. The number of halogens is 1. The molecule has 0 bridgehead atoms. The lowest BCUT2D eigenvalue weighted by molar-refractivity contribution is 0.631. The topological polar surface area (TPSA) is 0 Å². The lowest BCUT2D eigenvalue weighted by Gasteiger charge is -2.16. The van der Waals surface area contributed by atoms with Crippen molar-refractivity contribution in [2.24, 2.45) is 0 Å². The van der Waals surface area contributed by atoms with Gasteiger partial charge in [-0.05, 0) is 33.9 Å². The zero-order valence-electron chi connectivity index (χ0n) is 14.6. The van der Waals surface area contributed by atoms with Gasteiger partial charge >= 0.3 is 0 Å². The summed E-state index contributed by atoms with van der Waals surface area (Å²) in [6.07, 6.45) is 0. The Labute approximate surface area is 154 Å². The van der Waals surface area contributed by atoms with E-state index >= 15 is 0 Å². The summed E-state index contributed by atoms with van der Waals surface area (Å²) in [6.45, 7) is 0. The van der Waals surface area contributed by atoms with Gasteiger partial charge in [-0.25, -0.2) is 4.39 Å². The van der Waals surface area contributed by atoms with E-state index < -0.39 is 0 Å². The summed E-state index contributed by atoms with van der Waals surface area (Å²) in [6, 6.07) is 31.7. The van der Waals surface area contributed by atoms with E-state index in [-0.39, 0.29) is 5.82 Å². The second-order valence-electron chi connectivity index (χ2n) is 6.39. The Hall–Kier alpha value is -3.13. The summed E-state index contributed by atoms with van der Waals surface area (Å²) in [5.74, 6) is -0.201. The first-order chi connectivity index (χ1) is 12.8. The summed E-state index contributed by atoms with van der Waals surface area (Å²) in [7, 11) is 2.12. The van der Waals surface area contributed by atoms with Crippen LogP contribution in [-0.2, 0) is 0 Å². The molecule has 0 saturated heterocycles. The molecular formula is C24H18BF. The number of hydrogen-bond acceptors (Lipinski definition) is 0. The van der Waals surface area contributed by atoms with Gasteiger partial charge in [0.2, 0.25) is 0 Å². The zero-order valence-corrected chi connectivity index (χ0v) is 14.6. The lowest BCUT2D eigenvalue weighted by atomic mass is 9.83. The van der Waals surface area contributed by atoms with Gasteiger partial charge in [-0.3, -0.25) is 0 Å². The Morgan fingerprint density at radius 3 is 1.27 bits per heavy atom. The molecule has 0 N–H and O–H groups in total. The molecule has 0 fully saturated rings. The van der Waals surface area contributed by atoms with Crippen LogP contribution in [0.1, 0.15) is 0 Å². The van der Waals surface area contributed by atoms with Gasteiger partial charge in [-0.2, -0.15) is 0 Å². The first-order valence-electron chi connectivity index (χ1n) is 8.75. The maximum absolute atomic E-state index is 14.5. The Balaban J connectivity index is 1.97. The largest absolute Gasteiger partial charge is 0.206 e. The van der Waals surface area contributed by atoms with Crippen LogP contribution in [0.3, 0.4) is 0 Å². The Kier molecular flexibility index (Phi) is 4.41. The van der Waals surface area contributed by atoms with Gasteiger partial charge in [-0.1, -0.05) is 96.5 Å². The molecule has 26 heavy (non-hydrogen) atoms. The van der Waals surface area contributed by atoms with Crippen molar-refractivity contribution in [3.8, 4) is 33.4 Å². The number of rotatable bonds is 3. The number of benzene rings is 4. The molecule has 124 valence electrons. The van der Waals surface area contributed by atoms with E-state index in [1.807, 2.05) is 36.4 Å². The summed E-state index contributed by atoms with van der Waals surface area (Å²) in [5, 5.41) is 0. The molecule has 4 rings (SSSR count). The van der Waals surface area contributed by atoms with Crippen LogP contribution < -0.4 is 5.46 Å². The van der Waals surface area contributed by atoms with E-state index in [2.05, 4.69) is 56.4 Å². The number of hydrogen-bond donors (Lipinski definition) is 0. The van der Waals surface area contributed by atoms with Crippen molar-refractivity contribution in [3.63, 3.8) is 0 Å². The fourth-order valence-corrected chi connectivity index (χ4v) is 3.46. The quantitative estimate of drug-likeness (QED) is 0.458. The summed E-state index contributed by atoms with van der Waals surface area (Å²) in [5.41, 5.74) is 7.27. The van der Waals surface area contributed by atoms with Crippen molar-refractivity contribution in [1.82, 2.24) is 0 Å². The summed E-state index contributed by atoms with van der Waals surface area (Å²) in [4.78, 5) is 0. The standard InChI is InChI=1S/C24H18BF/c25-23-15-7-5-13-21(23)19-11-3-1-9-17(19)18-10-2-4-12-20(18)22-14-6-8-16-24(22)26/h1-16H,25H2. The van der Waals surface area contributed by atoms with E-state index in [0.29, 0.717) is 5.56 Å². The molecule has 0 unspecified atom stereocenters. The fourth-order valence-electron chi connectivity index (χ4n) is 3.46. The third-order valence-corrected chi connectivity index (χ3v) is 4.74. The molecule has 0 spiro atoms. The van der Waals surface area contributed by atoms with Gasteiger partial charge in [0, 0.05) is 5.56 Å². The fraction of sp³-hybridized carbons (Fsp3) is 0. The highest BCUT2D eigenvalue weighted by Crippen LogP contribution is 2.38. The molecular weight excluding hydrogens is 318 g/mol. The smallest absolute Gasteiger partial charge is 0.140 e. The SMILES string of the molecule is Bc1ccccc1-c1ccccc1-c1ccccc1-c1ccccc1F. The normalized spacial score (nSPS) is 10.7. The molecule has 4 aromatic rings. The average molecular weight is 336 g/mol. The predicted molar refractivity (Wildman–Crippen MR) is 111 cm³/mol. The molecule has 0 radical (unpaired) electrons. The van der Waals surface area contributed by atoms with Gasteiger partial charge in [0.15, 0.2) is 0 Å². The van der Waals surface area contributed by atoms with E-state index in [9.17, 15) is 4.39 Å². The van der Waals surface area contributed by atoms with E-state index in [0.717, 1.165) is 22.3 Å². The Morgan fingerprint density at radius 1 is 0.423 bits per heavy atom. The van der Waals surface area contributed by atoms with Crippen LogP contribution in [0.25, 0.3) is 33.4 Å². The second kappa shape index (κ2) is 7.01. The van der Waals surface area contributed by atoms with Crippen molar-refractivity contribution in [2.45, 2.75) is 0 Å². The molecule has 4 aromatic carbocycles. The highest BCUT2D eigenvalue weighted by atomic mass is 19.1. The molecule has 0 atom stereocenters. The minimum absolute atomic E-state index is 0.201. The van der Waals surface area contributed by atoms with Crippen molar-refractivity contribution in [1.29, 1.82) is 0 Å². The van der Waals surface area contributed by atoms with Crippen LogP contribution in [0.4, 0.5) is 4.39 Å². The molecule has 0 amide bonds. The van der Waals surface area contributed by atoms with Crippen LogP contribution in [0.15, 0.2) is 97.1 Å². The molecule has 0 heterocycles. The third-order valence-electron chi connectivity index (χ3n) is 4.74. The molecule has 0 nitrogen and oxygen atoms in total. The lowest BCUT2D eigenvalue weighted by Crippen LogP contribution is -2.06. The highest BCUT2D eigenvalue weighted by molar-refractivity contribution is 6.36. The third kappa shape index (κ3) is 2.95. The zero-order chi connectivity index (χ0) is 17.9. The van der Waals surface area contributed by atoms with E-state index in [1.54, 1.807) is 6.07 Å². The first kappa shape index (κ1) is 16.3. The Morgan fingerprint density at radius 2 is 0.769 bits per heavy atom. The molecule has 2 heteroatoms. The Bertz CT molecular complexity index is 982. The molecule has 0 saturated carbocycles. The second-order valence-corrected chi connectivity index (χ2v) is 6.39. The molecule has 0 aromatic heterocycles. The maximum Gasteiger partial charge on any atom is 0.140 e. The monoisotopic (exact) mass is 336 g/mol. The predicted octanol–water partition coefficient (Wildman–Crippen LogP) is 5.09. The van der Waals surface area contributed by atoms with Gasteiger partial charge in [0.1, 0.15) is 13.7 Å². The molecule has 0 aliphatic rings. The summed E-state index contributed by atoms with van der Waals surface area (Å²) < 4.78 is 14.5. The van der Waals surface area contributed by atoms with Crippen LogP contribution in [0, 0.1) is 5.82 Å². The van der Waals surface area contributed by atoms with Crippen LogP contribution in [0.5, 0.6) is 0 Å². The average Bonchev–Trinajstić information content (AvgIpc) is 2.69. The molecule has 0 aliphatic carbocycles. The van der Waals surface area contributed by atoms with Gasteiger partial charge in [0.25, 0.3) is 0 Å². The van der Waals surface area contributed by atoms with Gasteiger partial charge in [0.05, 0.1) is 0 Å². The van der Waals surface area contributed by atoms with Gasteiger partial charge < -0.3 is 0 Å².